The van der Waals surface area contributed by atoms with Gasteiger partial charge in [-0.05, 0) is 43.2 Å². The van der Waals surface area contributed by atoms with E-state index in [1.807, 2.05) is 0 Å². The van der Waals surface area contributed by atoms with E-state index in [0.29, 0.717) is 17.6 Å². The first-order chi connectivity index (χ1) is 9.51. The number of oxime groups is 1. The number of halogens is 1. The second kappa shape index (κ2) is 6.11. The summed E-state index contributed by atoms with van der Waals surface area (Å²) in [7, 11) is 0. The van der Waals surface area contributed by atoms with Crippen LogP contribution in [-0.4, -0.2) is 17.1 Å². The topological polar surface area (TPSA) is 67.8 Å². The van der Waals surface area contributed by atoms with E-state index >= 15 is 0 Å². The van der Waals surface area contributed by atoms with Gasteiger partial charge in [-0.1, -0.05) is 25.1 Å². The first-order valence-corrected chi connectivity index (χ1v) is 6.94. The third-order valence-corrected chi connectivity index (χ3v) is 3.77. The Labute approximate surface area is 118 Å². The molecule has 2 rings (SSSR count). The van der Waals surface area contributed by atoms with Crippen LogP contribution in [0.2, 0.25) is 0 Å². The molecule has 0 saturated heterocycles. The maximum absolute atomic E-state index is 13.8. The van der Waals surface area contributed by atoms with E-state index in [2.05, 4.69) is 19.0 Å². The van der Waals surface area contributed by atoms with Gasteiger partial charge in [-0.2, -0.15) is 0 Å². The molecule has 0 bridgehead atoms. The first kappa shape index (κ1) is 14.6. The molecule has 2 atom stereocenters. The van der Waals surface area contributed by atoms with Crippen molar-refractivity contribution >= 4 is 5.84 Å². The highest BCUT2D eigenvalue weighted by Gasteiger charge is 2.26. The van der Waals surface area contributed by atoms with Crippen molar-refractivity contribution in [2.75, 3.05) is 0 Å². The summed E-state index contributed by atoms with van der Waals surface area (Å²) in [4.78, 5) is 0. The maximum atomic E-state index is 13.8. The molecule has 1 aromatic rings. The Bertz CT molecular complexity index is 495. The van der Waals surface area contributed by atoms with Gasteiger partial charge in [0.2, 0.25) is 0 Å². The van der Waals surface area contributed by atoms with Crippen LogP contribution >= 0.6 is 0 Å². The van der Waals surface area contributed by atoms with E-state index in [-0.39, 0.29) is 17.5 Å². The molecule has 1 aliphatic carbocycles. The first-order valence-electron chi connectivity index (χ1n) is 6.94. The fourth-order valence-electron chi connectivity index (χ4n) is 3.05. The van der Waals surface area contributed by atoms with Crippen molar-refractivity contribution in [3.05, 3.63) is 29.6 Å². The molecular weight excluding hydrogens is 259 g/mol. The van der Waals surface area contributed by atoms with E-state index in [1.54, 1.807) is 12.1 Å². The molecule has 0 spiro atoms. The molecule has 3 N–H and O–H groups in total. The van der Waals surface area contributed by atoms with Crippen molar-refractivity contribution in [1.82, 2.24) is 0 Å². The molecular formula is C15H21FN2O2. The quantitative estimate of drug-likeness (QED) is 0.387. The zero-order valence-electron chi connectivity index (χ0n) is 11.8. The molecule has 5 heteroatoms. The van der Waals surface area contributed by atoms with Crippen LogP contribution in [0.3, 0.4) is 0 Å². The predicted molar refractivity (Wildman–Crippen MR) is 75.5 cm³/mol. The molecule has 1 fully saturated rings. The van der Waals surface area contributed by atoms with Crippen molar-refractivity contribution in [3.8, 4) is 5.75 Å². The number of hydrogen-bond donors (Lipinski definition) is 2. The summed E-state index contributed by atoms with van der Waals surface area (Å²) in [6.07, 6.45) is 3.11. The third-order valence-electron chi connectivity index (χ3n) is 3.77. The number of nitrogens with two attached hydrogens (primary N) is 1. The molecule has 0 aliphatic heterocycles. The van der Waals surface area contributed by atoms with Gasteiger partial charge in [0.1, 0.15) is 11.6 Å². The largest absolute Gasteiger partial charge is 0.490 e. The minimum absolute atomic E-state index is 0.0286. The standard InChI is InChI=1S/C15H21FN2O2/c1-9-6-10(2)8-11(7-9)20-13-5-3-4-12(16)14(13)15(17)18-19/h3-5,9-11,19H,6-8H2,1-2H3,(H2,17,18). The molecule has 0 amide bonds. The van der Waals surface area contributed by atoms with Gasteiger partial charge in [0.15, 0.2) is 5.84 Å². The van der Waals surface area contributed by atoms with Crippen LogP contribution in [-0.2, 0) is 0 Å². The average molecular weight is 280 g/mol. The molecule has 20 heavy (non-hydrogen) atoms. The molecule has 0 radical (unpaired) electrons. The van der Waals surface area contributed by atoms with Crippen molar-refractivity contribution in [2.24, 2.45) is 22.7 Å². The lowest BCUT2D eigenvalue weighted by Gasteiger charge is -2.32. The Kier molecular flexibility index (Phi) is 4.47. The lowest BCUT2D eigenvalue weighted by molar-refractivity contribution is 0.100. The molecule has 1 aromatic carbocycles. The molecule has 4 nitrogen and oxygen atoms in total. The zero-order valence-corrected chi connectivity index (χ0v) is 11.8. The molecule has 0 aromatic heterocycles. The van der Waals surface area contributed by atoms with Crippen LogP contribution in [0.4, 0.5) is 4.39 Å². The number of rotatable bonds is 3. The van der Waals surface area contributed by atoms with E-state index in [1.165, 1.54) is 12.5 Å². The summed E-state index contributed by atoms with van der Waals surface area (Å²) in [6, 6.07) is 4.49. The van der Waals surface area contributed by atoms with Gasteiger partial charge >= 0.3 is 0 Å². The van der Waals surface area contributed by atoms with Crippen LogP contribution in [0.15, 0.2) is 23.4 Å². The summed E-state index contributed by atoms with van der Waals surface area (Å²) < 4.78 is 19.8. The lowest BCUT2D eigenvalue weighted by Crippen LogP contribution is -2.29. The van der Waals surface area contributed by atoms with E-state index < -0.39 is 5.82 Å². The van der Waals surface area contributed by atoms with E-state index in [9.17, 15) is 4.39 Å². The number of benzene rings is 1. The van der Waals surface area contributed by atoms with Gasteiger partial charge in [0.05, 0.1) is 11.7 Å². The molecule has 1 saturated carbocycles. The minimum atomic E-state index is -0.547. The van der Waals surface area contributed by atoms with Crippen molar-refractivity contribution in [2.45, 2.75) is 39.2 Å². The Morgan fingerprint density at radius 2 is 1.95 bits per heavy atom. The highest BCUT2D eigenvalue weighted by molar-refractivity contribution is 5.99. The molecule has 110 valence electrons. The summed E-state index contributed by atoms with van der Waals surface area (Å²) in [5.74, 6) is 0.700. The smallest absolute Gasteiger partial charge is 0.176 e. The Morgan fingerprint density at radius 3 is 2.55 bits per heavy atom. The Morgan fingerprint density at radius 1 is 1.30 bits per heavy atom. The summed E-state index contributed by atoms with van der Waals surface area (Å²) in [5.41, 5.74) is 5.56. The highest BCUT2D eigenvalue weighted by atomic mass is 19.1. The van der Waals surface area contributed by atoms with Crippen LogP contribution in [0.5, 0.6) is 5.75 Å². The Balaban J connectivity index is 2.23. The predicted octanol–water partition coefficient (Wildman–Crippen LogP) is 3.12. The average Bonchev–Trinajstić information content (AvgIpc) is 2.37. The van der Waals surface area contributed by atoms with Gasteiger partial charge < -0.3 is 15.7 Å². The van der Waals surface area contributed by atoms with E-state index in [4.69, 9.17) is 15.7 Å². The van der Waals surface area contributed by atoms with Crippen LogP contribution in [0, 0.1) is 17.7 Å². The SMILES string of the molecule is CC1CC(C)CC(Oc2cccc(F)c2C(N)=NO)C1. The number of hydrogen-bond acceptors (Lipinski definition) is 3. The second-order valence-electron chi connectivity index (χ2n) is 5.76. The summed E-state index contributed by atoms with van der Waals surface area (Å²) in [5, 5.41) is 11.6. The van der Waals surface area contributed by atoms with Gasteiger partial charge in [-0.15, -0.1) is 0 Å². The minimum Gasteiger partial charge on any atom is -0.490 e. The normalized spacial score (nSPS) is 27.4. The molecule has 1 aliphatic rings. The summed E-state index contributed by atoms with van der Waals surface area (Å²) >= 11 is 0. The Hall–Kier alpha value is -1.78. The maximum Gasteiger partial charge on any atom is 0.176 e. The van der Waals surface area contributed by atoms with Crippen molar-refractivity contribution in [1.29, 1.82) is 0 Å². The summed E-state index contributed by atoms with van der Waals surface area (Å²) in [6.45, 7) is 4.39. The van der Waals surface area contributed by atoms with Gasteiger partial charge in [0.25, 0.3) is 0 Å². The van der Waals surface area contributed by atoms with Crippen LogP contribution in [0.25, 0.3) is 0 Å². The molecule has 0 heterocycles. The van der Waals surface area contributed by atoms with Crippen molar-refractivity contribution in [3.63, 3.8) is 0 Å². The van der Waals surface area contributed by atoms with E-state index in [0.717, 1.165) is 12.8 Å². The monoisotopic (exact) mass is 280 g/mol. The van der Waals surface area contributed by atoms with Gasteiger partial charge in [-0.3, -0.25) is 0 Å². The van der Waals surface area contributed by atoms with Gasteiger partial charge in [0, 0.05) is 0 Å². The fraction of sp³-hybridized carbons (Fsp3) is 0.533. The number of ether oxygens (including phenoxy) is 1. The zero-order chi connectivity index (χ0) is 14.7. The van der Waals surface area contributed by atoms with Crippen molar-refractivity contribution < 1.29 is 14.3 Å². The lowest BCUT2D eigenvalue weighted by atomic mass is 9.82. The number of amidine groups is 1. The highest BCUT2D eigenvalue weighted by Crippen LogP contribution is 2.32. The van der Waals surface area contributed by atoms with Crippen LogP contribution in [0.1, 0.15) is 38.7 Å². The van der Waals surface area contributed by atoms with Gasteiger partial charge in [-0.25, -0.2) is 4.39 Å². The second-order valence-corrected chi connectivity index (χ2v) is 5.76. The molecule has 2 unspecified atom stereocenters. The third kappa shape index (κ3) is 3.21. The van der Waals surface area contributed by atoms with Crippen LogP contribution < -0.4 is 10.5 Å². The number of nitrogens with zero attached hydrogens (tertiary/aromatic N) is 1. The fourth-order valence-corrected chi connectivity index (χ4v) is 3.05.